The van der Waals surface area contributed by atoms with E-state index >= 15 is 0 Å². The number of aliphatic hydroxyl groups excluding tert-OH is 1. The van der Waals surface area contributed by atoms with Gasteiger partial charge >= 0.3 is 6.61 Å². The molecule has 1 aromatic heterocycles. The lowest BCUT2D eigenvalue weighted by Crippen LogP contribution is -2.40. The van der Waals surface area contributed by atoms with Gasteiger partial charge in [-0.15, -0.1) is 0 Å². The molecular weight excluding hydrogens is 560 g/mol. The molecule has 3 N–H and O–H groups in total. The van der Waals surface area contributed by atoms with Crippen molar-refractivity contribution in [3.8, 4) is 17.0 Å². The Labute approximate surface area is 239 Å². The number of fused-ring (bicyclic) bond motifs is 1. The number of ether oxygens (including phenoxy) is 2. The lowest BCUT2D eigenvalue weighted by Gasteiger charge is -2.23. The number of nitrogens with zero attached hydrogens (tertiary/aromatic N) is 3. The Morgan fingerprint density at radius 1 is 1.22 bits per heavy atom. The average molecular weight is 588 g/mol. The highest BCUT2D eigenvalue weighted by molar-refractivity contribution is 6.33. The second-order valence-corrected chi connectivity index (χ2v) is 10.1. The highest BCUT2D eigenvalue weighted by atomic mass is 35.5. The van der Waals surface area contributed by atoms with Crippen LogP contribution in [0.2, 0.25) is 5.02 Å². The number of alkyl halides is 2. The van der Waals surface area contributed by atoms with Gasteiger partial charge < -0.3 is 30.1 Å². The summed E-state index contributed by atoms with van der Waals surface area (Å²) in [6.07, 6.45) is 3.21. The number of benzene rings is 2. The van der Waals surface area contributed by atoms with E-state index in [2.05, 4.69) is 25.3 Å². The van der Waals surface area contributed by atoms with E-state index in [0.29, 0.717) is 46.6 Å². The zero-order chi connectivity index (χ0) is 28.9. The highest BCUT2D eigenvalue weighted by Crippen LogP contribution is 2.32. The topological polar surface area (TPSA) is 126 Å². The first-order valence-electron chi connectivity index (χ1n) is 13.0. The molecule has 2 aromatic carbocycles. The van der Waals surface area contributed by atoms with Crippen molar-refractivity contribution in [2.45, 2.75) is 38.1 Å². The van der Waals surface area contributed by atoms with Gasteiger partial charge in [0.15, 0.2) is 0 Å². The summed E-state index contributed by atoms with van der Waals surface area (Å²) < 4.78 is 34.9. The standard InChI is InChI=1S/C28H28ClF2N5O5/c29-22-12-32-28(33-19-6-8-40-9-7-19)35-25(22)17-4-5-18-13-36(26(39)21(18)11-17)14-24(38)34-23(15-37)16-2-1-3-20(10-16)41-27(30)31/h1-5,10-12,19,23,27,37H,6-9,13-15H2,(H,34,38)(H,32,33,35)/t23-/m1/s1. The number of rotatable bonds is 10. The van der Waals surface area contributed by atoms with Crippen LogP contribution < -0.4 is 15.4 Å². The van der Waals surface area contributed by atoms with E-state index in [1.807, 2.05) is 6.07 Å². The van der Waals surface area contributed by atoms with Crippen LogP contribution in [0.1, 0.15) is 40.4 Å². The first-order chi connectivity index (χ1) is 19.8. The number of amides is 2. The van der Waals surface area contributed by atoms with Crippen LogP contribution in [0.5, 0.6) is 5.75 Å². The molecule has 3 aromatic rings. The lowest BCUT2D eigenvalue weighted by molar-refractivity contribution is -0.122. The number of aliphatic hydroxyl groups is 1. The molecule has 5 rings (SSSR count). The molecule has 2 aliphatic heterocycles. The highest BCUT2D eigenvalue weighted by Gasteiger charge is 2.30. The predicted molar refractivity (Wildman–Crippen MR) is 146 cm³/mol. The molecule has 13 heteroatoms. The van der Waals surface area contributed by atoms with Crippen LogP contribution in [0.4, 0.5) is 14.7 Å². The van der Waals surface area contributed by atoms with Crippen LogP contribution in [0.25, 0.3) is 11.3 Å². The van der Waals surface area contributed by atoms with E-state index in [0.717, 1.165) is 18.4 Å². The Hall–Kier alpha value is -3.87. The molecule has 1 fully saturated rings. The van der Waals surface area contributed by atoms with Crippen LogP contribution in [0, 0.1) is 0 Å². The van der Waals surface area contributed by atoms with Gasteiger partial charge in [0, 0.05) is 36.9 Å². The summed E-state index contributed by atoms with van der Waals surface area (Å²) in [6, 6.07) is 10.3. The second-order valence-electron chi connectivity index (χ2n) is 9.71. The summed E-state index contributed by atoms with van der Waals surface area (Å²) in [7, 11) is 0. The molecule has 0 unspecified atom stereocenters. The number of hydrogen-bond donors (Lipinski definition) is 3. The number of nitrogens with one attached hydrogen (secondary N) is 2. The third kappa shape index (κ3) is 6.89. The lowest BCUT2D eigenvalue weighted by atomic mass is 10.0. The fraction of sp³-hybridized carbons (Fsp3) is 0.357. The van der Waals surface area contributed by atoms with E-state index in [-0.39, 0.29) is 30.8 Å². The van der Waals surface area contributed by atoms with Gasteiger partial charge in [0.2, 0.25) is 11.9 Å². The fourth-order valence-electron chi connectivity index (χ4n) is 4.85. The van der Waals surface area contributed by atoms with Gasteiger partial charge in [-0.25, -0.2) is 9.97 Å². The molecule has 2 amide bonds. The van der Waals surface area contributed by atoms with Crippen LogP contribution in [0.3, 0.4) is 0 Å². The smallest absolute Gasteiger partial charge is 0.387 e. The van der Waals surface area contributed by atoms with Gasteiger partial charge in [-0.1, -0.05) is 35.9 Å². The first-order valence-corrected chi connectivity index (χ1v) is 13.4. The van der Waals surface area contributed by atoms with Crippen molar-refractivity contribution in [2.75, 3.05) is 31.7 Å². The molecule has 0 saturated carbocycles. The Morgan fingerprint density at radius 2 is 2.02 bits per heavy atom. The summed E-state index contributed by atoms with van der Waals surface area (Å²) in [4.78, 5) is 36.3. The monoisotopic (exact) mass is 587 g/mol. The Kier molecular flexibility index (Phi) is 8.91. The molecule has 10 nitrogen and oxygen atoms in total. The summed E-state index contributed by atoms with van der Waals surface area (Å²) in [6.45, 7) is -2.19. The fourth-order valence-corrected chi connectivity index (χ4v) is 5.06. The maximum absolute atomic E-state index is 13.2. The molecule has 1 atom stereocenters. The van der Waals surface area contributed by atoms with Gasteiger partial charge in [-0.3, -0.25) is 9.59 Å². The summed E-state index contributed by atoms with van der Waals surface area (Å²) in [5, 5.41) is 16.1. The number of carbonyl (C=O) groups excluding carboxylic acids is 2. The van der Waals surface area contributed by atoms with Crippen LogP contribution in [0.15, 0.2) is 48.7 Å². The zero-order valence-corrected chi connectivity index (χ0v) is 22.6. The quantitative estimate of drug-likeness (QED) is 0.327. The number of halogens is 3. The van der Waals surface area contributed by atoms with E-state index in [9.17, 15) is 23.5 Å². The summed E-state index contributed by atoms with van der Waals surface area (Å²) in [5.41, 5.74) is 2.67. The van der Waals surface area contributed by atoms with E-state index < -0.39 is 25.2 Å². The van der Waals surface area contributed by atoms with E-state index in [4.69, 9.17) is 16.3 Å². The number of hydrogen-bond acceptors (Lipinski definition) is 8. The van der Waals surface area contributed by atoms with E-state index in [1.165, 1.54) is 29.3 Å². The van der Waals surface area contributed by atoms with Crippen molar-refractivity contribution in [3.05, 3.63) is 70.4 Å². The maximum Gasteiger partial charge on any atom is 0.387 e. The Bertz CT molecular complexity index is 1420. The van der Waals surface area contributed by atoms with Gasteiger partial charge in [0.1, 0.15) is 12.3 Å². The molecule has 0 spiro atoms. The first kappa shape index (κ1) is 28.7. The van der Waals surface area contributed by atoms with E-state index in [1.54, 1.807) is 18.2 Å². The average Bonchev–Trinajstić information content (AvgIpc) is 3.27. The van der Waals surface area contributed by atoms with Crippen molar-refractivity contribution in [2.24, 2.45) is 0 Å². The molecule has 41 heavy (non-hydrogen) atoms. The van der Waals surface area contributed by atoms with Crippen LogP contribution in [-0.2, 0) is 16.1 Å². The van der Waals surface area contributed by atoms with Crippen molar-refractivity contribution in [1.82, 2.24) is 20.2 Å². The molecule has 3 heterocycles. The van der Waals surface area contributed by atoms with Gasteiger partial charge in [0.25, 0.3) is 5.91 Å². The number of carbonyl (C=O) groups is 2. The maximum atomic E-state index is 13.2. The van der Waals surface area contributed by atoms with Gasteiger partial charge in [0.05, 0.1) is 29.6 Å². The normalized spacial score (nSPS) is 16.0. The minimum atomic E-state index is -3.00. The second kappa shape index (κ2) is 12.8. The third-order valence-corrected chi connectivity index (χ3v) is 7.18. The number of aromatic nitrogens is 2. The van der Waals surface area contributed by atoms with Crippen LogP contribution in [-0.4, -0.2) is 70.8 Å². The Balaban J connectivity index is 1.25. The largest absolute Gasteiger partial charge is 0.435 e. The van der Waals surface area contributed by atoms with Gasteiger partial charge in [-0.05, 0) is 42.2 Å². The predicted octanol–water partition coefficient (Wildman–Crippen LogP) is 3.79. The third-order valence-electron chi connectivity index (χ3n) is 6.90. The minimum absolute atomic E-state index is 0.0959. The molecule has 1 saturated heterocycles. The van der Waals surface area contributed by atoms with Crippen molar-refractivity contribution < 1.29 is 33.0 Å². The molecule has 0 radical (unpaired) electrons. The molecule has 2 aliphatic rings. The SMILES string of the molecule is O=C(CN1Cc2ccc(-c3nc(NC4CCOCC4)ncc3Cl)cc2C1=O)N[C@H](CO)c1cccc(OC(F)F)c1. The van der Waals surface area contributed by atoms with Crippen LogP contribution >= 0.6 is 11.6 Å². The summed E-state index contributed by atoms with van der Waals surface area (Å²) in [5.74, 6) is -0.517. The molecule has 0 bridgehead atoms. The molecular formula is C28H28ClF2N5O5. The summed E-state index contributed by atoms with van der Waals surface area (Å²) >= 11 is 6.42. The molecule has 0 aliphatic carbocycles. The van der Waals surface area contributed by atoms with Crippen molar-refractivity contribution >= 4 is 29.4 Å². The van der Waals surface area contributed by atoms with Crippen molar-refractivity contribution in [3.63, 3.8) is 0 Å². The minimum Gasteiger partial charge on any atom is -0.435 e. The Morgan fingerprint density at radius 3 is 2.78 bits per heavy atom. The van der Waals surface area contributed by atoms with Crippen molar-refractivity contribution in [1.29, 1.82) is 0 Å². The number of anilines is 1. The molecule has 216 valence electrons. The van der Waals surface area contributed by atoms with Gasteiger partial charge in [-0.2, -0.15) is 8.78 Å². The zero-order valence-electron chi connectivity index (χ0n) is 21.9.